The fourth-order valence-corrected chi connectivity index (χ4v) is 3.25. The van der Waals surface area contributed by atoms with Crippen LogP contribution in [0.15, 0.2) is 41.1 Å². The second kappa shape index (κ2) is 5.53. The minimum atomic E-state index is -0.0361. The number of aromatic nitrogens is 3. The number of rotatable bonds is 2. The minimum Gasteiger partial charge on any atom is -0.459 e. The second-order valence-electron chi connectivity index (χ2n) is 6.01. The van der Waals surface area contributed by atoms with Crippen LogP contribution in [0.4, 0.5) is 0 Å². The molecule has 3 aromatic rings. The van der Waals surface area contributed by atoms with Crippen LogP contribution in [0.2, 0.25) is 0 Å². The monoisotopic (exact) mass is 310 g/mol. The van der Waals surface area contributed by atoms with E-state index in [1.54, 1.807) is 6.26 Å². The second-order valence-corrected chi connectivity index (χ2v) is 6.01. The molecule has 1 amide bonds. The van der Waals surface area contributed by atoms with Crippen LogP contribution in [0.1, 0.15) is 40.7 Å². The van der Waals surface area contributed by atoms with Crippen LogP contribution in [0.25, 0.3) is 5.65 Å². The number of amides is 1. The van der Waals surface area contributed by atoms with Crippen molar-refractivity contribution in [1.29, 1.82) is 0 Å². The Morgan fingerprint density at radius 3 is 3.04 bits per heavy atom. The average molecular weight is 310 g/mol. The number of pyridine rings is 1. The number of fused-ring (bicyclic) bond motifs is 1. The Hall–Kier alpha value is -2.63. The lowest BCUT2D eigenvalue weighted by Gasteiger charge is -2.31. The van der Waals surface area contributed by atoms with E-state index in [0.29, 0.717) is 12.3 Å². The molecule has 4 heterocycles. The number of furan rings is 1. The van der Waals surface area contributed by atoms with E-state index in [9.17, 15) is 4.79 Å². The zero-order valence-corrected chi connectivity index (χ0v) is 13.0. The summed E-state index contributed by atoms with van der Waals surface area (Å²) in [4.78, 5) is 14.5. The SMILES string of the molecule is Cc1ccoc1C(=O)N1CCCC(c2nnc3ccccn23)C1. The predicted octanol–water partition coefficient (Wildman–Crippen LogP) is 2.65. The van der Waals surface area contributed by atoms with Gasteiger partial charge in [-0.3, -0.25) is 9.20 Å². The van der Waals surface area contributed by atoms with E-state index < -0.39 is 0 Å². The molecule has 0 N–H and O–H groups in total. The van der Waals surface area contributed by atoms with Gasteiger partial charge >= 0.3 is 0 Å². The maximum Gasteiger partial charge on any atom is 0.289 e. The maximum atomic E-state index is 12.6. The van der Waals surface area contributed by atoms with Gasteiger partial charge in [-0.15, -0.1) is 10.2 Å². The maximum absolute atomic E-state index is 12.6. The molecule has 4 rings (SSSR count). The van der Waals surface area contributed by atoms with Crippen molar-refractivity contribution < 1.29 is 9.21 Å². The van der Waals surface area contributed by atoms with E-state index >= 15 is 0 Å². The molecule has 1 saturated heterocycles. The number of nitrogens with zero attached hydrogens (tertiary/aromatic N) is 4. The topological polar surface area (TPSA) is 63.6 Å². The number of likely N-dealkylation sites (tertiary alicyclic amines) is 1. The number of carbonyl (C=O) groups excluding carboxylic acids is 1. The first-order valence-electron chi connectivity index (χ1n) is 7.87. The molecule has 1 fully saturated rings. The lowest BCUT2D eigenvalue weighted by atomic mass is 9.97. The molecule has 1 aliphatic rings. The molecule has 0 aromatic carbocycles. The Balaban J connectivity index is 1.60. The first-order valence-corrected chi connectivity index (χ1v) is 7.87. The lowest BCUT2D eigenvalue weighted by molar-refractivity contribution is 0.0671. The van der Waals surface area contributed by atoms with Crippen LogP contribution in [-0.4, -0.2) is 38.5 Å². The Morgan fingerprint density at radius 2 is 2.22 bits per heavy atom. The summed E-state index contributed by atoms with van der Waals surface area (Å²) < 4.78 is 7.36. The normalized spacial score (nSPS) is 18.5. The Morgan fingerprint density at radius 1 is 1.30 bits per heavy atom. The average Bonchev–Trinajstić information content (AvgIpc) is 3.20. The Labute approximate surface area is 133 Å². The van der Waals surface area contributed by atoms with Crippen molar-refractivity contribution in [3.05, 3.63) is 53.9 Å². The van der Waals surface area contributed by atoms with Crippen molar-refractivity contribution in [3.63, 3.8) is 0 Å². The summed E-state index contributed by atoms with van der Waals surface area (Å²) in [7, 11) is 0. The Kier molecular flexibility index (Phi) is 3.37. The van der Waals surface area contributed by atoms with Gasteiger partial charge in [-0.2, -0.15) is 0 Å². The molecular formula is C17H18N4O2. The van der Waals surface area contributed by atoms with Crippen LogP contribution >= 0.6 is 0 Å². The highest BCUT2D eigenvalue weighted by Gasteiger charge is 2.30. The third-order valence-electron chi connectivity index (χ3n) is 4.47. The van der Waals surface area contributed by atoms with Gasteiger partial charge in [-0.1, -0.05) is 6.07 Å². The predicted molar refractivity (Wildman–Crippen MR) is 84.3 cm³/mol. The van der Waals surface area contributed by atoms with E-state index in [1.807, 2.05) is 46.7 Å². The number of aryl methyl sites for hydroxylation is 1. The van der Waals surface area contributed by atoms with Gasteiger partial charge in [-0.25, -0.2) is 0 Å². The van der Waals surface area contributed by atoms with Gasteiger partial charge < -0.3 is 9.32 Å². The third-order valence-corrected chi connectivity index (χ3v) is 4.47. The molecule has 1 unspecified atom stereocenters. The van der Waals surface area contributed by atoms with E-state index in [4.69, 9.17) is 4.42 Å². The summed E-state index contributed by atoms with van der Waals surface area (Å²) in [6, 6.07) is 7.68. The quantitative estimate of drug-likeness (QED) is 0.730. The smallest absolute Gasteiger partial charge is 0.289 e. The minimum absolute atomic E-state index is 0.0361. The number of hydrogen-bond acceptors (Lipinski definition) is 4. The fraction of sp³-hybridized carbons (Fsp3) is 0.353. The summed E-state index contributed by atoms with van der Waals surface area (Å²) in [6.45, 7) is 3.30. The number of piperidine rings is 1. The third kappa shape index (κ3) is 2.40. The van der Waals surface area contributed by atoms with E-state index in [1.165, 1.54) is 0 Å². The zero-order valence-electron chi connectivity index (χ0n) is 13.0. The van der Waals surface area contributed by atoms with Crippen molar-refractivity contribution >= 4 is 11.6 Å². The molecule has 0 saturated carbocycles. The number of hydrogen-bond donors (Lipinski definition) is 0. The lowest BCUT2D eigenvalue weighted by Crippen LogP contribution is -2.39. The van der Waals surface area contributed by atoms with Gasteiger partial charge in [0.2, 0.25) is 0 Å². The van der Waals surface area contributed by atoms with Gasteiger partial charge in [-0.05, 0) is 38.0 Å². The van der Waals surface area contributed by atoms with Crippen molar-refractivity contribution in [1.82, 2.24) is 19.5 Å². The fourth-order valence-electron chi connectivity index (χ4n) is 3.25. The summed E-state index contributed by atoms with van der Waals surface area (Å²) in [6.07, 6.45) is 5.51. The number of carbonyl (C=O) groups is 1. The van der Waals surface area contributed by atoms with Gasteiger partial charge in [0.15, 0.2) is 11.4 Å². The van der Waals surface area contributed by atoms with Crippen molar-refractivity contribution in [2.45, 2.75) is 25.7 Å². The molecule has 6 heteroatoms. The molecule has 23 heavy (non-hydrogen) atoms. The summed E-state index contributed by atoms with van der Waals surface area (Å²) >= 11 is 0. The molecule has 0 spiro atoms. The van der Waals surface area contributed by atoms with E-state index in [-0.39, 0.29) is 11.8 Å². The van der Waals surface area contributed by atoms with Crippen LogP contribution in [0.5, 0.6) is 0 Å². The van der Waals surface area contributed by atoms with Gasteiger partial charge in [0.25, 0.3) is 5.91 Å². The molecule has 0 radical (unpaired) electrons. The summed E-state index contributed by atoms with van der Waals surface area (Å²) in [5, 5.41) is 8.56. The molecule has 0 bridgehead atoms. The van der Waals surface area contributed by atoms with Crippen molar-refractivity contribution in [2.24, 2.45) is 0 Å². The zero-order chi connectivity index (χ0) is 15.8. The summed E-state index contributed by atoms with van der Waals surface area (Å²) in [5.74, 6) is 1.53. The molecule has 1 atom stereocenters. The van der Waals surface area contributed by atoms with Crippen LogP contribution < -0.4 is 0 Å². The highest BCUT2D eigenvalue weighted by molar-refractivity contribution is 5.92. The van der Waals surface area contributed by atoms with Gasteiger partial charge in [0.1, 0.15) is 5.82 Å². The van der Waals surface area contributed by atoms with Crippen molar-refractivity contribution in [2.75, 3.05) is 13.1 Å². The van der Waals surface area contributed by atoms with Crippen LogP contribution in [0.3, 0.4) is 0 Å². The van der Waals surface area contributed by atoms with Gasteiger partial charge in [0, 0.05) is 30.8 Å². The molecular weight excluding hydrogens is 292 g/mol. The van der Waals surface area contributed by atoms with Crippen LogP contribution in [-0.2, 0) is 0 Å². The molecule has 3 aromatic heterocycles. The largest absolute Gasteiger partial charge is 0.459 e. The molecule has 118 valence electrons. The molecule has 6 nitrogen and oxygen atoms in total. The standard InChI is InChI=1S/C17H18N4O2/c1-12-7-10-23-15(12)17(22)20-8-4-5-13(11-20)16-19-18-14-6-2-3-9-21(14)16/h2-3,6-7,9-10,13H,4-5,8,11H2,1H3. The van der Waals surface area contributed by atoms with Gasteiger partial charge in [0.05, 0.1) is 6.26 Å². The molecule has 1 aliphatic heterocycles. The first-order chi connectivity index (χ1) is 11.2. The molecule has 0 aliphatic carbocycles. The first kappa shape index (κ1) is 14.0. The Bertz CT molecular complexity index is 851. The van der Waals surface area contributed by atoms with Crippen LogP contribution in [0, 0.1) is 6.92 Å². The van der Waals surface area contributed by atoms with Crippen molar-refractivity contribution in [3.8, 4) is 0 Å². The van der Waals surface area contributed by atoms with E-state index in [0.717, 1.165) is 36.4 Å². The van der Waals surface area contributed by atoms with E-state index in [2.05, 4.69) is 10.2 Å². The summed E-state index contributed by atoms with van der Waals surface area (Å²) in [5.41, 5.74) is 1.72. The highest BCUT2D eigenvalue weighted by atomic mass is 16.3. The highest BCUT2D eigenvalue weighted by Crippen LogP contribution is 2.27.